The van der Waals surface area contributed by atoms with Gasteiger partial charge in [-0.25, -0.2) is 0 Å². The molecule has 5 aromatic carbocycles. The number of aryl methyl sites for hydroxylation is 4. The van der Waals surface area contributed by atoms with Crippen molar-refractivity contribution in [2.24, 2.45) is 0 Å². The van der Waals surface area contributed by atoms with Gasteiger partial charge in [-0.3, -0.25) is 8.61 Å². The molecule has 1 aliphatic heterocycles. The Balaban J connectivity index is 1.53. The lowest BCUT2D eigenvalue weighted by Gasteiger charge is -2.48. The maximum atomic E-state index is 2.65. The summed E-state index contributed by atoms with van der Waals surface area (Å²) in [6, 6.07) is 42.6. The molecule has 0 atom stereocenters. The van der Waals surface area contributed by atoms with E-state index >= 15 is 0 Å². The Morgan fingerprint density at radius 3 is 1.49 bits per heavy atom. The molecule has 0 aliphatic carbocycles. The normalized spacial score (nSPS) is 14.8. The van der Waals surface area contributed by atoms with Crippen molar-refractivity contribution >= 4 is 33.1 Å². The van der Waals surface area contributed by atoms with E-state index in [9.17, 15) is 0 Å². The highest BCUT2D eigenvalue weighted by Gasteiger charge is 2.44. The molecule has 0 saturated carbocycles. The summed E-state index contributed by atoms with van der Waals surface area (Å²) in [7, 11) is -1.58. The highest BCUT2D eigenvalue weighted by molar-refractivity contribution is 8.35. The third kappa shape index (κ3) is 4.62. The van der Waals surface area contributed by atoms with Gasteiger partial charge in [0.25, 0.3) is 0 Å². The highest BCUT2D eigenvalue weighted by Crippen LogP contribution is 2.71. The minimum absolute atomic E-state index is 0.941. The molecule has 0 amide bonds. The first-order valence-corrected chi connectivity index (χ1v) is 15.7. The van der Waals surface area contributed by atoms with Crippen LogP contribution < -0.4 is 8.61 Å². The van der Waals surface area contributed by atoms with Crippen molar-refractivity contribution in [3.05, 3.63) is 143 Å². The second-order valence-corrected chi connectivity index (χ2v) is 13.9. The summed E-state index contributed by atoms with van der Waals surface area (Å²) >= 11 is 0. The maximum Gasteiger partial charge on any atom is 0.0774 e. The van der Waals surface area contributed by atoms with Crippen LogP contribution in [0.15, 0.2) is 115 Å². The Labute approximate surface area is 235 Å². The fourth-order valence-corrected chi connectivity index (χ4v) is 9.25. The van der Waals surface area contributed by atoms with Crippen molar-refractivity contribution in [3.8, 4) is 11.1 Å². The molecule has 1 aliphatic rings. The largest absolute Gasteiger partial charge is 0.285 e. The first kappa shape index (κ1) is 25.3. The van der Waals surface area contributed by atoms with Crippen LogP contribution in [-0.4, -0.2) is 6.26 Å². The monoisotopic (exact) mass is 528 g/mol. The number of benzene rings is 5. The van der Waals surface area contributed by atoms with Crippen LogP contribution in [0.1, 0.15) is 27.8 Å². The van der Waals surface area contributed by atoms with Gasteiger partial charge >= 0.3 is 0 Å². The van der Waals surface area contributed by atoms with Crippen LogP contribution in [-0.2, 0) is 5.75 Å². The van der Waals surface area contributed by atoms with E-state index in [1.54, 1.807) is 0 Å². The smallest absolute Gasteiger partial charge is 0.0774 e. The zero-order valence-corrected chi connectivity index (χ0v) is 24.3. The maximum absolute atomic E-state index is 2.65. The van der Waals surface area contributed by atoms with E-state index in [1.165, 1.54) is 61.7 Å². The number of fused-ring (bicyclic) bond motifs is 1. The standard InChI is InChI=1S/C36H36N2S/c1-26-11-9-15-33(21-26)37-35-23-28(3)29(4)24-36(35)38(34-16-10-12-27(2)22-34)39(37,5)25-30-17-19-32(20-18-30)31-13-7-6-8-14-31/h6-24H,25H2,1-5H3. The summed E-state index contributed by atoms with van der Waals surface area (Å²) in [6.45, 7) is 8.84. The van der Waals surface area contributed by atoms with Gasteiger partial charge in [0.2, 0.25) is 0 Å². The highest BCUT2D eigenvalue weighted by atomic mass is 32.3. The van der Waals surface area contributed by atoms with Crippen molar-refractivity contribution < 1.29 is 0 Å². The van der Waals surface area contributed by atoms with Crippen LogP contribution in [0, 0.1) is 27.7 Å². The van der Waals surface area contributed by atoms with Crippen LogP contribution in [0.5, 0.6) is 0 Å². The summed E-state index contributed by atoms with van der Waals surface area (Å²) in [5, 5.41) is 0. The molecule has 3 heteroatoms. The first-order valence-electron chi connectivity index (χ1n) is 13.6. The molecular weight excluding hydrogens is 492 g/mol. The second kappa shape index (κ2) is 9.98. The molecule has 0 radical (unpaired) electrons. The van der Waals surface area contributed by atoms with Crippen LogP contribution >= 0.6 is 10.4 Å². The van der Waals surface area contributed by atoms with Crippen molar-refractivity contribution in [1.82, 2.24) is 0 Å². The van der Waals surface area contributed by atoms with E-state index < -0.39 is 10.4 Å². The molecule has 0 spiro atoms. The molecule has 0 bridgehead atoms. The van der Waals surface area contributed by atoms with Gasteiger partial charge in [-0.05, 0) is 103 Å². The molecule has 39 heavy (non-hydrogen) atoms. The summed E-state index contributed by atoms with van der Waals surface area (Å²) in [5.74, 6) is 0.941. The lowest BCUT2D eigenvalue weighted by Crippen LogP contribution is -2.29. The lowest BCUT2D eigenvalue weighted by atomic mass is 10.0. The Kier molecular flexibility index (Phi) is 6.48. The topological polar surface area (TPSA) is 6.48 Å². The molecule has 2 nitrogen and oxygen atoms in total. The predicted molar refractivity (Wildman–Crippen MR) is 172 cm³/mol. The third-order valence-corrected chi connectivity index (χ3v) is 11.1. The van der Waals surface area contributed by atoms with Crippen LogP contribution in [0.3, 0.4) is 0 Å². The third-order valence-electron chi connectivity index (χ3n) is 7.79. The zero-order chi connectivity index (χ0) is 27.1. The molecule has 0 N–H and O–H groups in total. The number of hydrogen-bond acceptors (Lipinski definition) is 2. The molecule has 1 heterocycles. The van der Waals surface area contributed by atoms with E-state index in [2.05, 4.69) is 158 Å². The average Bonchev–Trinajstić information content (AvgIpc) is 3.16. The summed E-state index contributed by atoms with van der Waals surface area (Å²) < 4.78 is 5.30. The molecular formula is C36H36N2S. The fraction of sp³-hybridized carbons (Fsp3) is 0.167. The van der Waals surface area contributed by atoms with Gasteiger partial charge in [-0.2, -0.15) is 0 Å². The number of hydrogen-bond donors (Lipinski definition) is 0. The van der Waals surface area contributed by atoms with Gasteiger partial charge in [0.15, 0.2) is 0 Å². The van der Waals surface area contributed by atoms with Gasteiger partial charge in [-0.15, -0.1) is 0 Å². The van der Waals surface area contributed by atoms with E-state index in [4.69, 9.17) is 0 Å². The molecule has 5 aromatic rings. The second-order valence-electron chi connectivity index (χ2n) is 10.9. The number of rotatable bonds is 5. The molecule has 196 valence electrons. The predicted octanol–water partition coefficient (Wildman–Crippen LogP) is 10.3. The molecule has 0 fully saturated rings. The summed E-state index contributed by atoms with van der Waals surface area (Å²) in [5.41, 5.74) is 14.2. The van der Waals surface area contributed by atoms with E-state index in [-0.39, 0.29) is 0 Å². The molecule has 0 saturated heterocycles. The van der Waals surface area contributed by atoms with E-state index in [1.807, 2.05) is 0 Å². The lowest BCUT2D eigenvalue weighted by molar-refractivity contribution is 1.31. The summed E-state index contributed by atoms with van der Waals surface area (Å²) in [6.07, 6.45) is 2.48. The fourth-order valence-electron chi connectivity index (χ4n) is 5.73. The van der Waals surface area contributed by atoms with Gasteiger partial charge in [0, 0.05) is 12.0 Å². The Morgan fingerprint density at radius 2 is 1.00 bits per heavy atom. The first-order chi connectivity index (χ1) is 18.8. The van der Waals surface area contributed by atoms with Crippen LogP contribution in [0.4, 0.5) is 22.7 Å². The number of nitrogens with zero attached hydrogens (tertiary/aromatic N) is 2. The van der Waals surface area contributed by atoms with Crippen molar-refractivity contribution in [2.45, 2.75) is 33.4 Å². The molecule has 0 aromatic heterocycles. The van der Waals surface area contributed by atoms with Gasteiger partial charge < -0.3 is 0 Å². The minimum atomic E-state index is -1.58. The minimum Gasteiger partial charge on any atom is -0.285 e. The van der Waals surface area contributed by atoms with Gasteiger partial charge in [0.05, 0.1) is 22.7 Å². The van der Waals surface area contributed by atoms with Crippen LogP contribution in [0.2, 0.25) is 0 Å². The Hall–Kier alpha value is -3.95. The molecule has 0 unspecified atom stereocenters. The summed E-state index contributed by atoms with van der Waals surface area (Å²) in [4.78, 5) is 0. The van der Waals surface area contributed by atoms with E-state index in [0.717, 1.165) is 5.75 Å². The number of anilines is 4. The Bertz CT molecular complexity index is 1560. The molecule has 6 rings (SSSR count). The Morgan fingerprint density at radius 1 is 0.513 bits per heavy atom. The van der Waals surface area contributed by atoms with Gasteiger partial charge in [-0.1, -0.05) is 89.3 Å². The quantitative estimate of drug-likeness (QED) is 0.224. The van der Waals surface area contributed by atoms with Crippen molar-refractivity contribution in [2.75, 3.05) is 14.9 Å². The van der Waals surface area contributed by atoms with E-state index in [0.29, 0.717) is 0 Å². The SMILES string of the molecule is Cc1cccc(N2c3cc(C)c(C)cc3N(c3cccc(C)c3)S2(C)Cc2ccc(-c3ccccc3)cc2)c1. The average molecular weight is 529 g/mol. The van der Waals surface area contributed by atoms with Crippen molar-refractivity contribution in [1.29, 1.82) is 0 Å². The van der Waals surface area contributed by atoms with Crippen LogP contribution in [0.25, 0.3) is 11.1 Å². The van der Waals surface area contributed by atoms with Crippen molar-refractivity contribution in [3.63, 3.8) is 0 Å². The van der Waals surface area contributed by atoms with Gasteiger partial charge in [0.1, 0.15) is 0 Å². The zero-order valence-electron chi connectivity index (χ0n) is 23.5.